The second-order valence-corrected chi connectivity index (χ2v) is 6.82. The van der Waals surface area contributed by atoms with E-state index in [2.05, 4.69) is 23.2 Å². The predicted octanol–water partition coefficient (Wildman–Crippen LogP) is 3.29. The number of likely N-dealkylation sites (tertiary alicyclic amines) is 1. The van der Waals surface area contributed by atoms with Crippen molar-refractivity contribution in [2.75, 3.05) is 13.1 Å². The first-order chi connectivity index (χ1) is 12.6. The van der Waals surface area contributed by atoms with Gasteiger partial charge >= 0.3 is 0 Å². The molecule has 0 spiro atoms. The topological polar surface area (TPSA) is 79.2 Å². The number of nitrogens with one attached hydrogen (secondary N) is 1. The van der Waals surface area contributed by atoms with Gasteiger partial charge in [-0.25, -0.2) is 0 Å². The molecular formula is C21H21N3O2. The highest BCUT2D eigenvalue weighted by Gasteiger charge is 2.25. The molecule has 3 N–H and O–H groups in total. The van der Waals surface area contributed by atoms with Crippen LogP contribution < -0.4 is 5.73 Å². The van der Waals surface area contributed by atoms with Crippen LogP contribution in [0.2, 0.25) is 0 Å². The van der Waals surface area contributed by atoms with Gasteiger partial charge in [0.1, 0.15) is 0 Å². The molecule has 26 heavy (non-hydrogen) atoms. The van der Waals surface area contributed by atoms with E-state index in [1.54, 1.807) is 24.3 Å². The Kier molecular flexibility index (Phi) is 4.21. The summed E-state index contributed by atoms with van der Waals surface area (Å²) in [5, 5.41) is 1.23. The standard InChI is InChI=1S/C21H21N3O2/c22-20(25)15-5-7-16(8-6-15)21(26)24-11-9-14(10-12-24)19-13-17-3-1-2-4-18(17)23-19/h1-8,13-14,23H,9-12H2,(H2,22,25). The fourth-order valence-electron chi connectivity index (χ4n) is 3.67. The number of carbonyl (C=O) groups is 2. The normalized spacial score (nSPS) is 15.3. The minimum absolute atomic E-state index is 0.0103. The van der Waals surface area contributed by atoms with Crippen molar-refractivity contribution in [3.05, 3.63) is 71.4 Å². The number of H-pyrrole nitrogens is 1. The Labute approximate surface area is 151 Å². The quantitative estimate of drug-likeness (QED) is 0.762. The Morgan fingerprint density at radius 3 is 2.27 bits per heavy atom. The number of aromatic nitrogens is 1. The summed E-state index contributed by atoms with van der Waals surface area (Å²) >= 11 is 0. The lowest BCUT2D eigenvalue weighted by Crippen LogP contribution is -2.38. The van der Waals surface area contributed by atoms with E-state index < -0.39 is 5.91 Å². The van der Waals surface area contributed by atoms with Gasteiger partial charge in [0.25, 0.3) is 5.91 Å². The number of rotatable bonds is 3. The molecule has 2 aromatic carbocycles. The van der Waals surface area contributed by atoms with Gasteiger partial charge in [-0.15, -0.1) is 0 Å². The Morgan fingerprint density at radius 2 is 1.62 bits per heavy atom. The maximum atomic E-state index is 12.7. The van der Waals surface area contributed by atoms with E-state index >= 15 is 0 Å². The third-order valence-corrected chi connectivity index (χ3v) is 5.19. The zero-order valence-electron chi connectivity index (χ0n) is 14.4. The first-order valence-electron chi connectivity index (χ1n) is 8.88. The minimum Gasteiger partial charge on any atom is -0.366 e. The van der Waals surface area contributed by atoms with Crippen molar-refractivity contribution in [2.24, 2.45) is 5.73 Å². The number of carbonyl (C=O) groups excluding carboxylic acids is 2. The van der Waals surface area contributed by atoms with Crippen LogP contribution in [-0.2, 0) is 0 Å². The molecule has 0 saturated carbocycles. The zero-order chi connectivity index (χ0) is 18.1. The molecule has 1 aliphatic heterocycles. The van der Waals surface area contributed by atoms with Gasteiger partial charge in [0.15, 0.2) is 0 Å². The third kappa shape index (κ3) is 3.08. The van der Waals surface area contributed by atoms with E-state index in [1.165, 1.54) is 11.1 Å². The van der Waals surface area contributed by atoms with Gasteiger partial charge in [0.2, 0.25) is 5.91 Å². The van der Waals surface area contributed by atoms with Crippen LogP contribution in [0.4, 0.5) is 0 Å². The van der Waals surface area contributed by atoms with Crippen LogP contribution in [0.15, 0.2) is 54.6 Å². The number of amides is 2. The number of fused-ring (bicyclic) bond motifs is 1. The van der Waals surface area contributed by atoms with E-state index in [4.69, 9.17) is 5.73 Å². The van der Waals surface area contributed by atoms with Crippen molar-refractivity contribution in [3.63, 3.8) is 0 Å². The van der Waals surface area contributed by atoms with Crippen LogP contribution in [0.25, 0.3) is 10.9 Å². The molecule has 2 heterocycles. The van der Waals surface area contributed by atoms with E-state index in [1.807, 2.05) is 17.0 Å². The second-order valence-electron chi connectivity index (χ2n) is 6.82. The van der Waals surface area contributed by atoms with E-state index in [0.29, 0.717) is 17.0 Å². The first kappa shape index (κ1) is 16.4. The Hall–Kier alpha value is -3.08. The zero-order valence-corrected chi connectivity index (χ0v) is 14.4. The molecule has 1 aliphatic rings. The van der Waals surface area contributed by atoms with E-state index in [-0.39, 0.29) is 5.91 Å². The minimum atomic E-state index is -0.483. The Balaban J connectivity index is 1.42. The van der Waals surface area contributed by atoms with Crippen LogP contribution in [0.1, 0.15) is 45.2 Å². The molecule has 0 bridgehead atoms. The van der Waals surface area contributed by atoms with Gasteiger partial charge in [-0.05, 0) is 54.6 Å². The molecule has 0 radical (unpaired) electrons. The SMILES string of the molecule is NC(=O)c1ccc(C(=O)N2CCC(c3cc4ccccc4[nH]3)CC2)cc1. The van der Waals surface area contributed by atoms with Crippen molar-refractivity contribution in [2.45, 2.75) is 18.8 Å². The lowest BCUT2D eigenvalue weighted by atomic mass is 9.93. The maximum Gasteiger partial charge on any atom is 0.253 e. The van der Waals surface area contributed by atoms with Crippen molar-refractivity contribution < 1.29 is 9.59 Å². The van der Waals surface area contributed by atoms with E-state index in [0.717, 1.165) is 31.4 Å². The fraction of sp³-hybridized carbons (Fsp3) is 0.238. The van der Waals surface area contributed by atoms with Gasteiger partial charge in [-0.3, -0.25) is 9.59 Å². The molecule has 0 atom stereocenters. The van der Waals surface area contributed by atoms with Crippen molar-refractivity contribution in [1.29, 1.82) is 0 Å². The summed E-state index contributed by atoms with van der Waals surface area (Å²) in [6.45, 7) is 1.47. The molecular weight excluding hydrogens is 326 g/mol. The largest absolute Gasteiger partial charge is 0.366 e. The van der Waals surface area contributed by atoms with Crippen LogP contribution in [-0.4, -0.2) is 34.8 Å². The number of hydrogen-bond acceptors (Lipinski definition) is 2. The lowest BCUT2D eigenvalue weighted by molar-refractivity contribution is 0.0712. The molecule has 4 rings (SSSR count). The number of primary amides is 1. The smallest absolute Gasteiger partial charge is 0.253 e. The summed E-state index contributed by atoms with van der Waals surface area (Å²) in [7, 11) is 0. The van der Waals surface area contributed by atoms with Crippen LogP contribution in [0.3, 0.4) is 0 Å². The molecule has 5 nitrogen and oxygen atoms in total. The third-order valence-electron chi connectivity index (χ3n) is 5.19. The first-order valence-corrected chi connectivity index (χ1v) is 8.88. The van der Waals surface area contributed by atoms with Crippen LogP contribution >= 0.6 is 0 Å². The summed E-state index contributed by atoms with van der Waals surface area (Å²) in [5.41, 5.74) is 8.67. The van der Waals surface area contributed by atoms with Crippen molar-refractivity contribution in [3.8, 4) is 0 Å². The molecule has 1 aromatic heterocycles. The predicted molar refractivity (Wildman–Crippen MR) is 101 cm³/mol. The highest BCUT2D eigenvalue weighted by atomic mass is 16.2. The Morgan fingerprint density at radius 1 is 0.962 bits per heavy atom. The fourth-order valence-corrected chi connectivity index (χ4v) is 3.67. The number of benzene rings is 2. The summed E-state index contributed by atoms with van der Waals surface area (Å²) < 4.78 is 0. The van der Waals surface area contributed by atoms with E-state index in [9.17, 15) is 9.59 Å². The molecule has 1 saturated heterocycles. The maximum absolute atomic E-state index is 12.7. The molecule has 2 amide bonds. The number of para-hydroxylation sites is 1. The summed E-state index contributed by atoms with van der Waals surface area (Å²) in [4.78, 5) is 29.2. The molecule has 5 heteroatoms. The molecule has 0 unspecified atom stereocenters. The molecule has 132 valence electrons. The second kappa shape index (κ2) is 6.67. The highest BCUT2D eigenvalue weighted by molar-refractivity contribution is 5.97. The average Bonchev–Trinajstić information content (AvgIpc) is 3.12. The number of aromatic amines is 1. The number of hydrogen-bond donors (Lipinski definition) is 2. The monoisotopic (exact) mass is 347 g/mol. The lowest BCUT2D eigenvalue weighted by Gasteiger charge is -2.31. The molecule has 0 aliphatic carbocycles. The van der Waals surface area contributed by atoms with Crippen molar-refractivity contribution >= 4 is 22.7 Å². The van der Waals surface area contributed by atoms with Crippen molar-refractivity contribution in [1.82, 2.24) is 9.88 Å². The molecule has 1 fully saturated rings. The molecule has 3 aromatic rings. The van der Waals surface area contributed by atoms with Gasteiger partial charge in [-0.2, -0.15) is 0 Å². The summed E-state index contributed by atoms with van der Waals surface area (Å²) in [6, 6.07) is 17.1. The van der Waals surface area contributed by atoms with Gasteiger partial charge in [0.05, 0.1) is 0 Å². The van der Waals surface area contributed by atoms with Gasteiger partial charge in [-0.1, -0.05) is 18.2 Å². The van der Waals surface area contributed by atoms with Gasteiger partial charge < -0.3 is 15.6 Å². The summed E-state index contributed by atoms with van der Waals surface area (Å²) in [5.74, 6) is -0.0250. The number of nitrogens with zero attached hydrogens (tertiary/aromatic N) is 1. The van der Waals surface area contributed by atoms with Crippen LogP contribution in [0, 0.1) is 0 Å². The highest BCUT2D eigenvalue weighted by Crippen LogP contribution is 2.30. The number of piperidine rings is 1. The average molecular weight is 347 g/mol. The summed E-state index contributed by atoms with van der Waals surface area (Å²) in [6.07, 6.45) is 1.88. The van der Waals surface area contributed by atoms with Crippen LogP contribution in [0.5, 0.6) is 0 Å². The van der Waals surface area contributed by atoms with Gasteiger partial charge in [0, 0.05) is 41.3 Å². The Bertz CT molecular complexity index is 918. The number of nitrogens with two attached hydrogens (primary N) is 1.